The summed E-state index contributed by atoms with van der Waals surface area (Å²) in [6.45, 7) is 4.11. The summed E-state index contributed by atoms with van der Waals surface area (Å²) in [4.78, 5) is 11.5. The summed E-state index contributed by atoms with van der Waals surface area (Å²) < 4.78 is 0. The lowest BCUT2D eigenvalue weighted by Gasteiger charge is -2.18. The van der Waals surface area contributed by atoms with Crippen molar-refractivity contribution in [3.8, 4) is 0 Å². The first-order valence-corrected chi connectivity index (χ1v) is 6.59. The van der Waals surface area contributed by atoms with Crippen LogP contribution in [0.5, 0.6) is 0 Å². The van der Waals surface area contributed by atoms with Gasteiger partial charge in [-0.2, -0.15) is 11.8 Å². The number of rotatable bonds is 7. The number of nitrogens with two attached hydrogens (primary N) is 1. The van der Waals surface area contributed by atoms with E-state index in [9.17, 15) is 4.79 Å². The van der Waals surface area contributed by atoms with E-state index < -0.39 is 0 Å². The van der Waals surface area contributed by atoms with Crippen molar-refractivity contribution in [3.63, 3.8) is 0 Å². The number of amides is 1. The van der Waals surface area contributed by atoms with Crippen LogP contribution in [0.4, 0.5) is 0 Å². The van der Waals surface area contributed by atoms with Gasteiger partial charge in [0.1, 0.15) is 0 Å². The zero-order valence-corrected chi connectivity index (χ0v) is 10.2. The van der Waals surface area contributed by atoms with Crippen molar-refractivity contribution in [2.75, 3.05) is 12.0 Å². The maximum Gasteiger partial charge on any atom is 0.237 e. The molecular weight excluding hydrogens is 196 g/mol. The molecule has 4 heteroatoms. The molecule has 0 radical (unpaired) electrons. The van der Waals surface area contributed by atoms with Crippen LogP contribution in [0.3, 0.4) is 0 Å². The van der Waals surface area contributed by atoms with Gasteiger partial charge in [-0.3, -0.25) is 4.79 Å². The zero-order valence-electron chi connectivity index (χ0n) is 9.38. The van der Waals surface area contributed by atoms with E-state index in [4.69, 9.17) is 5.73 Å². The van der Waals surface area contributed by atoms with E-state index in [1.54, 1.807) is 11.8 Å². The largest absolute Gasteiger partial charge is 0.351 e. The van der Waals surface area contributed by atoms with Crippen LogP contribution in [-0.4, -0.2) is 30.0 Å². The van der Waals surface area contributed by atoms with E-state index in [1.807, 2.05) is 13.2 Å². The van der Waals surface area contributed by atoms with Crippen molar-refractivity contribution >= 4 is 17.7 Å². The Balaban J connectivity index is 3.88. The molecular formula is C10H22N2OS. The zero-order chi connectivity index (χ0) is 11.0. The Hall–Kier alpha value is -0.220. The van der Waals surface area contributed by atoms with E-state index in [-0.39, 0.29) is 18.0 Å². The second kappa shape index (κ2) is 8.12. The Bertz CT molecular complexity index is 164. The molecule has 1 amide bonds. The van der Waals surface area contributed by atoms with Gasteiger partial charge in [-0.1, -0.05) is 20.3 Å². The number of hydrogen-bond donors (Lipinski definition) is 2. The minimum atomic E-state index is -0.337. The summed E-state index contributed by atoms with van der Waals surface area (Å²) in [5, 5.41) is 2.97. The molecule has 0 bridgehead atoms. The minimum absolute atomic E-state index is 0.00671. The second-order valence-electron chi connectivity index (χ2n) is 3.46. The number of thioether (sulfide) groups is 1. The lowest BCUT2D eigenvalue weighted by atomic mass is 10.1. The van der Waals surface area contributed by atoms with E-state index >= 15 is 0 Å². The number of carbonyl (C=O) groups excluding carboxylic acids is 1. The van der Waals surface area contributed by atoms with Crippen molar-refractivity contribution in [1.29, 1.82) is 0 Å². The minimum Gasteiger partial charge on any atom is -0.351 e. The summed E-state index contributed by atoms with van der Waals surface area (Å²) in [6.07, 6.45) is 4.72. The monoisotopic (exact) mass is 218 g/mol. The van der Waals surface area contributed by atoms with Crippen molar-refractivity contribution < 1.29 is 4.79 Å². The maximum atomic E-state index is 11.5. The van der Waals surface area contributed by atoms with Gasteiger partial charge >= 0.3 is 0 Å². The first kappa shape index (κ1) is 13.8. The molecule has 0 fully saturated rings. The SMILES string of the molecule is CCC[C@H](N)C(=O)NC(CC)CSC. The highest BCUT2D eigenvalue weighted by atomic mass is 32.2. The predicted molar refractivity (Wildman–Crippen MR) is 63.5 cm³/mol. The lowest BCUT2D eigenvalue weighted by molar-refractivity contribution is -0.123. The van der Waals surface area contributed by atoms with Crippen LogP contribution in [-0.2, 0) is 4.79 Å². The Morgan fingerprint density at radius 2 is 2.14 bits per heavy atom. The predicted octanol–water partition coefficient (Wildman–Crippen LogP) is 1.37. The third-order valence-corrected chi connectivity index (χ3v) is 2.88. The Morgan fingerprint density at radius 1 is 1.50 bits per heavy atom. The van der Waals surface area contributed by atoms with Crippen molar-refractivity contribution in [1.82, 2.24) is 5.32 Å². The fourth-order valence-electron chi connectivity index (χ4n) is 1.21. The fourth-order valence-corrected chi connectivity index (χ4v) is 1.93. The van der Waals surface area contributed by atoms with E-state index in [2.05, 4.69) is 12.2 Å². The van der Waals surface area contributed by atoms with Crippen LogP contribution in [0.1, 0.15) is 33.1 Å². The van der Waals surface area contributed by atoms with Crippen LogP contribution in [0.25, 0.3) is 0 Å². The fraction of sp³-hybridized carbons (Fsp3) is 0.900. The summed E-state index contributed by atoms with van der Waals surface area (Å²) in [5.74, 6) is 0.953. The van der Waals surface area contributed by atoms with Crippen LogP contribution < -0.4 is 11.1 Å². The highest BCUT2D eigenvalue weighted by Gasteiger charge is 2.15. The second-order valence-corrected chi connectivity index (χ2v) is 4.37. The molecule has 0 spiro atoms. The smallest absolute Gasteiger partial charge is 0.237 e. The van der Waals surface area contributed by atoms with Gasteiger partial charge in [0.2, 0.25) is 5.91 Å². The summed E-state index contributed by atoms with van der Waals surface area (Å²) in [5.41, 5.74) is 5.71. The normalized spacial score (nSPS) is 14.9. The van der Waals surface area contributed by atoms with Gasteiger partial charge in [-0.05, 0) is 19.1 Å². The Kier molecular flexibility index (Phi) is 7.99. The average Bonchev–Trinajstić information content (AvgIpc) is 2.17. The molecule has 0 saturated heterocycles. The Morgan fingerprint density at radius 3 is 2.57 bits per heavy atom. The molecule has 0 saturated carbocycles. The Labute approximate surface area is 91.2 Å². The molecule has 3 nitrogen and oxygen atoms in total. The molecule has 0 aromatic heterocycles. The van der Waals surface area contributed by atoms with Gasteiger partial charge < -0.3 is 11.1 Å². The molecule has 1 unspecified atom stereocenters. The van der Waals surface area contributed by atoms with Gasteiger partial charge in [0, 0.05) is 11.8 Å². The first-order chi connectivity index (χ1) is 6.65. The van der Waals surface area contributed by atoms with Gasteiger partial charge in [0.05, 0.1) is 6.04 Å². The van der Waals surface area contributed by atoms with Gasteiger partial charge in [0.15, 0.2) is 0 Å². The highest BCUT2D eigenvalue weighted by Crippen LogP contribution is 2.02. The number of carbonyl (C=O) groups is 1. The van der Waals surface area contributed by atoms with Crippen molar-refractivity contribution in [2.24, 2.45) is 5.73 Å². The van der Waals surface area contributed by atoms with Crippen LogP contribution in [0, 0.1) is 0 Å². The van der Waals surface area contributed by atoms with Gasteiger partial charge in [-0.15, -0.1) is 0 Å². The van der Waals surface area contributed by atoms with Gasteiger partial charge in [0.25, 0.3) is 0 Å². The third-order valence-electron chi connectivity index (χ3n) is 2.14. The molecule has 0 aliphatic carbocycles. The third kappa shape index (κ3) is 5.50. The number of nitrogens with one attached hydrogen (secondary N) is 1. The van der Waals surface area contributed by atoms with E-state index in [0.717, 1.165) is 25.0 Å². The van der Waals surface area contributed by atoms with E-state index in [1.165, 1.54) is 0 Å². The summed E-state index contributed by atoms with van der Waals surface area (Å²) >= 11 is 1.75. The van der Waals surface area contributed by atoms with Crippen molar-refractivity contribution in [3.05, 3.63) is 0 Å². The molecule has 0 aromatic carbocycles. The molecule has 0 heterocycles. The van der Waals surface area contributed by atoms with Gasteiger partial charge in [-0.25, -0.2) is 0 Å². The van der Waals surface area contributed by atoms with Crippen LogP contribution in [0.15, 0.2) is 0 Å². The summed E-state index contributed by atoms with van der Waals surface area (Å²) in [7, 11) is 0. The van der Waals surface area contributed by atoms with E-state index in [0.29, 0.717) is 0 Å². The van der Waals surface area contributed by atoms with Crippen LogP contribution in [0.2, 0.25) is 0 Å². The molecule has 84 valence electrons. The van der Waals surface area contributed by atoms with Crippen LogP contribution >= 0.6 is 11.8 Å². The maximum absolute atomic E-state index is 11.5. The molecule has 0 rings (SSSR count). The average molecular weight is 218 g/mol. The standard InChI is InChI=1S/C10H22N2OS/c1-4-6-9(11)10(13)12-8(5-2)7-14-3/h8-9H,4-7,11H2,1-3H3,(H,12,13)/t8?,9-/m0/s1. The molecule has 2 atom stereocenters. The molecule has 0 aromatic rings. The number of hydrogen-bond acceptors (Lipinski definition) is 3. The molecule has 14 heavy (non-hydrogen) atoms. The van der Waals surface area contributed by atoms with Crippen molar-refractivity contribution in [2.45, 2.75) is 45.2 Å². The first-order valence-electron chi connectivity index (χ1n) is 5.20. The molecule has 3 N–H and O–H groups in total. The molecule has 0 aliphatic rings. The highest BCUT2D eigenvalue weighted by molar-refractivity contribution is 7.98. The molecule has 0 aliphatic heterocycles. The lowest BCUT2D eigenvalue weighted by Crippen LogP contribution is -2.46. The topological polar surface area (TPSA) is 55.1 Å². The summed E-state index contributed by atoms with van der Waals surface area (Å²) in [6, 6.07) is -0.0729. The quantitative estimate of drug-likeness (QED) is 0.678.